The van der Waals surface area contributed by atoms with Crippen LogP contribution in [0.3, 0.4) is 0 Å². The van der Waals surface area contributed by atoms with E-state index in [4.69, 9.17) is 11.6 Å². The van der Waals surface area contributed by atoms with Crippen molar-refractivity contribution in [1.29, 1.82) is 0 Å². The predicted molar refractivity (Wildman–Crippen MR) is 118 cm³/mol. The Morgan fingerprint density at radius 2 is 1.56 bits per heavy atom. The summed E-state index contributed by atoms with van der Waals surface area (Å²) in [6, 6.07) is 17.9. The van der Waals surface area contributed by atoms with E-state index in [1.54, 1.807) is 30.3 Å². The van der Waals surface area contributed by atoms with Crippen LogP contribution < -0.4 is 4.90 Å². The summed E-state index contributed by atoms with van der Waals surface area (Å²) in [5.74, 6) is -1.61. The van der Waals surface area contributed by atoms with Gasteiger partial charge < -0.3 is 0 Å². The molecule has 1 aliphatic rings. The minimum atomic E-state index is -4.19. The summed E-state index contributed by atoms with van der Waals surface area (Å²) in [5.41, 5.74) is 0.845. The fourth-order valence-electron chi connectivity index (χ4n) is 3.56. The Hall–Kier alpha value is -3.07. The third-order valence-electron chi connectivity index (χ3n) is 5.16. The number of anilines is 1. The van der Waals surface area contributed by atoms with Crippen molar-refractivity contribution in [2.75, 3.05) is 4.90 Å². The first-order valence-corrected chi connectivity index (χ1v) is 11.5. The summed E-state index contributed by atoms with van der Waals surface area (Å²) in [6.45, 7) is -0.211. The number of amides is 2. The molecule has 0 N–H and O–H groups in total. The molecule has 164 valence electrons. The SMILES string of the molecule is O=C1CC(N(Cc2ccc(F)cc2)S(=O)(=O)c2ccc(Cl)cc2)C(=O)N1c1ccccc1. The number of rotatable bonds is 6. The number of halogens is 2. The maximum Gasteiger partial charge on any atom is 0.252 e. The Bertz CT molecular complexity index is 1250. The lowest BCUT2D eigenvalue weighted by atomic mass is 10.2. The van der Waals surface area contributed by atoms with Gasteiger partial charge in [0.1, 0.15) is 11.9 Å². The number of carbonyl (C=O) groups is 2. The van der Waals surface area contributed by atoms with Crippen molar-refractivity contribution in [3.05, 3.63) is 95.3 Å². The molecule has 0 aliphatic carbocycles. The molecule has 1 aliphatic heterocycles. The maximum atomic E-state index is 13.5. The highest BCUT2D eigenvalue weighted by Gasteiger charge is 2.46. The number of benzene rings is 3. The summed E-state index contributed by atoms with van der Waals surface area (Å²) >= 11 is 5.89. The van der Waals surface area contributed by atoms with Crippen LogP contribution in [0.4, 0.5) is 10.1 Å². The first kappa shape index (κ1) is 22.1. The summed E-state index contributed by atoms with van der Waals surface area (Å²) in [4.78, 5) is 26.9. The molecule has 1 heterocycles. The van der Waals surface area contributed by atoms with E-state index in [2.05, 4.69) is 0 Å². The number of carbonyl (C=O) groups excluding carboxylic acids is 2. The number of para-hydroxylation sites is 1. The van der Waals surface area contributed by atoms with Crippen molar-refractivity contribution in [3.8, 4) is 0 Å². The van der Waals surface area contributed by atoms with Crippen molar-refractivity contribution in [1.82, 2.24) is 4.31 Å². The number of imide groups is 1. The molecule has 2 amide bonds. The monoisotopic (exact) mass is 472 g/mol. The average Bonchev–Trinajstić information content (AvgIpc) is 3.07. The molecule has 1 unspecified atom stereocenters. The van der Waals surface area contributed by atoms with Gasteiger partial charge in [0.05, 0.1) is 17.0 Å². The summed E-state index contributed by atoms with van der Waals surface area (Å²) in [5, 5.41) is 0.358. The second kappa shape index (κ2) is 8.82. The van der Waals surface area contributed by atoms with Crippen LogP contribution in [0.25, 0.3) is 0 Å². The lowest BCUT2D eigenvalue weighted by Gasteiger charge is -2.27. The number of sulfonamides is 1. The van der Waals surface area contributed by atoms with Crippen LogP contribution in [0.2, 0.25) is 5.02 Å². The quantitative estimate of drug-likeness (QED) is 0.508. The fourth-order valence-corrected chi connectivity index (χ4v) is 5.26. The Morgan fingerprint density at radius 3 is 2.19 bits per heavy atom. The van der Waals surface area contributed by atoms with Crippen LogP contribution in [-0.4, -0.2) is 30.6 Å². The smallest absolute Gasteiger partial charge is 0.252 e. The highest BCUT2D eigenvalue weighted by molar-refractivity contribution is 7.89. The zero-order valence-corrected chi connectivity index (χ0v) is 18.3. The normalized spacial score (nSPS) is 16.7. The van der Waals surface area contributed by atoms with Gasteiger partial charge in [-0.2, -0.15) is 4.31 Å². The lowest BCUT2D eigenvalue weighted by molar-refractivity contribution is -0.122. The zero-order valence-electron chi connectivity index (χ0n) is 16.7. The van der Waals surface area contributed by atoms with Gasteiger partial charge in [-0.25, -0.2) is 17.7 Å². The molecule has 9 heteroatoms. The minimum Gasteiger partial charge on any atom is -0.274 e. The molecular weight excluding hydrogens is 455 g/mol. The second-order valence-corrected chi connectivity index (χ2v) is 9.58. The van der Waals surface area contributed by atoms with E-state index in [0.29, 0.717) is 16.3 Å². The minimum absolute atomic E-state index is 0.0672. The predicted octanol–water partition coefficient (Wildman–Crippen LogP) is 4.00. The summed E-state index contributed by atoms with van der Waals surface area (Å²) in [6.07, 6.45) is -0.304. The van der Waals surface area contributed by atoms with Crippen LogP contribution in [0.15, 0.2) is 83.8 Å². The number of hydrogen-bond donors (Lipinski definition) is 0. The van der Waals surface area contributed by atoms with Crippen LogP contribution in [-0.2, 0) is 26.2 Å². The van der Waals surface area contributed by atoms with Gasteiger partial charge in [0.15, 0.2) is 0 Å². The molecule has 32 heavy (non-hydrogen) atoms. The van der Waals surface area contributed by atoms with E-state index in [0.717, 1.165) is 9.21 Å². The topological polar surface area (TPSA) is 74.8 Å². The number of hydrogen-bond acceptors (Lipinski definition) is 4. The van der Waals surface area contributed by atoms with E-state index >= 15 is 0 Å². The van der Waals surface area contributed by atoms with Crippen molar-refractivity contribution in [2.45, 2.75) is 23.9 Å². The first-order valence-electron chi connectivity index (χ1n) is 9.71. The van der Waals surface area contributed by atoms with E-state index in [1.807, 2.05) is 0 Å². The highest BCUT2D eigenvalue weighted by atomic mass is 35.5. The van der Waals surface area contributed by atoms with Crippen molar-refractivity contribution >= 4 is 39.1 Å². The standard InChI is InChI=1S/C23H18ClFN2O4S/c24-17-8-12-20(13-9-17)32(30,31)26(15-16-6-10-18(25)11-7-16)21-14-22(28)27(23(21)29)19-4-2-1-3-5-19/h1-13,21H,14-15H2. The summed E-state index contributed by atoms with van der Waals surface area (Å²) in [7, 11) is -4.19. The van der Waals surface area contributed by atoms with Gasteiger partial charge in [-0.15, -0.1) is 0 Å². The Labute approximate surface area is 189 Å². The molecular formula is C23H18ClFN2O4S. The van der Waals surface area contributed by atoms with Crippen LogP contribution in [0.1, 0.15) is 12.0 Å². The fraction of sp³-hybridized carbons (Fsp3) is 0.130. The van der Waals surface area contributed by atoms with Crippen LogP contribution in [0, 0.1) is 5.82 Å². The van der Waals surface area contributed by atoms with E-state index in [1.165, 1.54) is 48.5 Å². The van der Waals surface area contributed by atoms with E-state index in [9.17, 15) is 22.4 Å². The van der Waals surface area contributed by atoms with Crippen molar-refractivity contribution < 1.29 is 22.4 Å². The molecule has 0 spiro atoms. The molecule has 0 bridgehead atoms. The van der Waals surface area contributed by atoms with Gasteiger partial charge in [0.2, 0.25) is 15.9 Å². The Balaban J connectivity index is 1.75. The van der Waals surface area contributed by atoms with Gasteiger partial charge in [-0.3, -0.25) is 9.59 Å². The van der Waals surface area contributed by atoms with Crippen LogP contribution >= 0.6 is 11.6 Å². The molecule has 4 rings (SSSR count). The second-order valence-electron chi connectivity index (χ2n) is 7.25. The van der Waals surface area contributed by atoms with Gasteiger partial charge >= 0.3 is 0 Å². The third-order valence-corrected chi connectivity index (χ3v) is 7.28. The molecule has 3 aromatic carbocycles. The van der Waals surface area contributed by atoms with Crippen molar-refractivity contribution in [3.63, 3.8) is 0 Å². The average molecular weight is 473 g/mol. The van der Waals surface area contributed by atoms with Gasteiger partial charge in [-0.05, 0) is 54.1 Å². The third kappa shape index (κ3) is 4.29. The molecule has 6 nitrogen and oxygen atoms in total. The Morgan fingerprint density at radius 1 is 0.938 bits per heavy atom. The maximum absolute atomic E-state index is 13.5. The molecule has 1 atom stereocenters. The number of nitrogens with zero attached hydrogens (tertiary/aromatic N) is 2. The van der Waals surface area contributed by atoms with E-state index < -0.39 is 33.7 Å². The largest absolute Gasteiger partial charge is 0.274 e. The molecule has 1 fully saturated rings. The van der Waals surface area contributed by atoms with E-state index in [-0.39, 0.29) is 17.9 Å². The Kier molecular flexibility index (Phi) is 6.10. The first-order chi connectivity index (χ1) is 15.3. The molecule has 0 saturated carbocycles. The molecule has 0 radical (unpaired) electrons. The van der Waals surface area contributed by atoms with Gasteiger partial charge in [0, 0.05) is 11.6 Å². The zero-order chi connectivity index (χ0) is 22.9. The highest BCUT2D eigenvalue weighted by Crippen LogP contribution is 2.31. The summed E-state index contributed by atoms with van der Waals surface area (Å²) < 4.78 is 41.4. The molecule has 3 aromatic rings. The molecule has 0 aromatic heterocycles. The lowest BCUT2D eigenvalue weighted by Crippen LogP contribution is -2.45. The van der Waals surface area contributed by atoms with Gasteiger partial charge in [0.25, 0.3) is 5.91 Å². The molecule has 1 saturated heterocycles. The van der Waals surface area contributed by atoms with Crippen molar-refractivity contribution in [2.24, 2.45) is 0 Å². The van der Waals surface area contributed by atoms with Crippen LogP contribution in [0.5, 0.6) is 0 Å². The van der Waals surface area contributed by atoms with Gasteiger partial charge in [-0.1, -0.05) is 41.9 Å².